The molecule has 4 N–H and O–H groups in total. The number of hydrogen-bond donors (Lipinski definition) is 3. The van der Waals surface area contributed by atoms with Gasteiger partial charge in [-0.05, 0) is 45.7 Å². The molecule has 0 aromatic carbocycles. The third-order valence-electron chi connectivity index (χ3n) is 2.62. The van der Waals surface area contributed by atoms with Gasteiger partial charge in [0.15, 0.2) is 0 Å². The van der Waals surface area contributed by atoms with Gasteiger partial charge in [0, 0.05) is 13.1 Å². The van der Waals surface area contributed by atoms with Crippen LogP contribution in [-0.2, 0) is 4.74 Å². The molecule has 0 rings (SSSR count). The Morgan fingerprint density at radius 2 is 1.89 bits per heavy atom. The molecule has 0 aliphatic rings. The number of rotatable bonds is 7. The van der Waals surface area contributed by atoms with Crippen LogP contribution >= 0.6 is 0 Å². The molecule has 5 nitrogen and oxygen atoms in total. The molecule has 0 aromatic rings. The van der Waals surface area contributed by atoms with E-state index in [4.69, 9.17) is 10.5 Å². The zero-order chi connectivity index (χ0) is 14.2. The number of hydrogen-bond acceptors (Lipinski definition) is 4. The molecular formula is C13H29N3O2. The second-order valence-electron chi connectivity index (χ2n) is 5.87. The third kappa shape index (κ3) is 9.24. The molecule has 0 aromatic heterocycles. The molecule has 0 saturated carbocycles. The molecule has 108 valence electrons. The summed E-state index contributed by atoms with van der Waals surface area (Å²) in [6.45, 7) is 12.7. The minimum Gasteiger partial charge on any atom is -0.444 e. The van der Waals surface area contributed by atoms with Gasteiger partial charge in [0.05, 0.1) is 0 Å². The SMILES string of the molecule is CC(C)C(CN)CNCCNC(=O)OC(C)(C)C. The summed E-state index contributed by atoms with van der Waals surface area (Å²) in [6.07, 6.45) is -0.372. The summed E-state index contributed by atoms with van der Waals surface area (Å²) in [5.41, 5.74) is 5.23. The molecule has 0 fully saturated rings. The molecule has 0 bridgehead atoms. The van der Waals surface area contributed by atoms with Gasteiger partial charge in [-0.25, -0.2) is 4.79 Å². The molecule has 0 saturated heterocycles. The molecule has 0 heterocycles. The molecule has 0 spiro atoms. The Hall–Kier alpha value is -0.810. The summed E-state index contributed by atoms with van der Waals surface area (Å²) >= 11 is 0. The smallest absolute Gasteiger partial charge is 0.407 e. The number of ether oxygens (including phenoxy) is 1. The van der Waals surface area contributed by atoms with Crippen LogP contribution in [0.25, 0.3) is 0 Å². The van der Waals surface area contributed by atoms with Gasteiger partial charge < -0.3 is 21.1 Å². The van der Waals surface area contributed by atoms with Gasteiger partial charge in [-0.2, -0.15) is 0 Å². The fourth-order valence-electron chi connectivity index (χ4n) is 1.45. The first-order chi connectivity index (χ1) is 8.26. The number of carbonyl (C=O) groups is 1. The van der Waals surface area contributed by atoms with E-state index in [0.29, 0.717) is 24.9 Å². The number of nitrogens with one attached hydrogen (secondary N) is 2. The van der Waals surface area contributed by atoms with Crippen LogP contribution in [0.15, 0.2) is 0 Å². The Morgan fingerprint density at radius 3 is 2.33 bits per heavy atom. The van der Waals surface area contributed by atoms with Crippen LogP contribution in [0, 0.1) is 11.8 Å². The van der Waals surface area contributed by atoms with Crippen LogP contribution in [0.1, 0.15) is 34.6 Å². The number of alkyl carbamates (subject to hydrolysis) is 1. The highest BCUT2D eigenvalue weighted by atomic mass is 16.6. The number of amides is 1. The monoisotopic (exact) mass is 259 g/mol. The largest absolute Gasteiger partial charge is 0.444 e. The topological polar surface area (TPSA) is 76.4 Å². The van der Waals surface area contributed by atoms with Gasteiger partial charge in [0.25, 0.3) is 0 Å². The zero-order valence-electron chi connectivity index (χ0n) is 12.4. The Balaban J connectivity index is 3.59. The summed E-state index contributed by atoms with van der Waals surface area (Å²) in [7, 11) is 0. The lowest BCUT2D eigenvalue weighted by atomic mass is 9.96. The predicted molar refractivity (Wildman–Crippen MR) is 74.5 cm³/mol. The van der Waals surface area contributed by atoms with E-state index in [-0.39, 0.29) is 6.09 Å². The van der Waals surface area contributed by atoms with Crippen molar-refractivity contribution < 1.29 is 9.53 Å². The van der Waals surface area contributed by atoms with E-state index in [1.165, 1.54) is 0 Å². The first-order valence-electron chi connectivity index (χ1n) is 6.64. The molecule has 0 aliphatic carbocycles. The van der Waals surface area contributed by atoms with Crippen molar-refractivity contribution in [3.8, 4) is 0 Å². The standard InChI is InChI=1S/C13H29N3O2/c1-10(2)11(8-14)9-15-6-7-16-12(17)18-13(3,4)5/h10-11,15H,6-9,14H2,1-5H3,(H,16,17). The van der Waals surface area contributed by atoms with Gasteiger partial charge in [-0.1, -0.05) is 13.8 Å². The molecule has 5 heteroatoms. The lowest BCUT2D eigenvalue weighted by molar-refractivity contribution is 0.0528. The van der Waals surface area contributed by atoms with E-state index in [9.17, 15) is 4.79 Å². The van der Waals surface area contributed by atoms with Crippen molar-refractivity contribution in [1.29, 1.82) is 0 Å². The molecule has 1 atom stereocenters. The quantitative estimate of drug-likeness (QED) is 0.603. The number of nitrogens with two attached hydrogens (primary N) is 1. The van der Waals surface area contributed by atoms with E-state index in [1.807, 2.05) is 20.8 Å². The van der Waals surface area contributed by atoms with Crippen LogP contribution in [0.4, 0.5) is 4.79 Å². The van der Waals surface area contributed by atoms with Crippen LogP contribution in [0.5, 0.6) is 0 Å². The Labute approximate surface area is 111 Å². The Morgan fingerprint density at radius 1 is 1.28 bits per heavy atom. The van der Waals surface area contributed by atoms with Crippen molar-refractivity contribution in [3.05, 3.63) is 0 Å². The van der Waals surface area contributed by atoms with Gasteiger partial charge in [0.1, 0.15) is 5.60 Å². The van der Waals surface area contributed by atoms with Gasteiger partial charge in [0.2, 0.25) is 0 Å². The van der Waals surface area contributed by atoms with E-state index >= 15 is 0 Å². The minimum atomic E-state index is -0.445. The van der Waals surface area contributed by atoms with E-state index in [1.54, 1.807) is 0 Å². The Bertz CT molecular complexity index is 237. The van der Waals surface area contributed by atoms with Crippen molar-refractivity contribution in [2.45, 2.75) is 40.2 Å². The van der Waals surface area contributed by atoms with Crippen molar-refractivity contribution in [1.82, 2.24) is 10.6 Å². The minimum absolute atomic E-state index is 0.372. The fourth-order valence-corrected chi connectivity index (χ4v) is 1.45. The molecular weight excluding hydrogens is 230 g/mol. The summed E-state index contributed by atoms with van der Waals surface area (Å²) in [4.78, 5) is 11.3. The predicted octanol–water partition coefficient (Wildman–Crippen LogP) is 1.33. The molecule has 0 aliphatic heterocycles. The first-order valence-corrected chi connectivity index (χ1v) is 6.64. The molecule has 18 heavy (non-hydrogen) atoms. The first kappa shape index (κ1) is 17.2. The lowest BCUT2D eigenvalue weighted by Crippen LogP contribution is -2.38. The fraction of sp³-hybridized carbons (Fsp3) is 0.923. The van der Waals surface area contributed by atoms with Crippen molar-refractivity contribution >= 4 is 6.09 Å². The third-order valence-corrected chi connectivity index (χ3v) is 2.62. The molecule has 1 unspecified atom stereocenters. The maximum atomic E-state index is 11.3. The van der Waals surface area contributed by atoms with E-state index in [0.717, 1.165) is 13.1 Å². The lowest BCUT2D eigenvalue weighted by Gasteiger charge is -2.21. The zero-order valence-corrected chi connectivity index (χ0v) is 12.4. The normalized spacial score (nSPS) is 13.5. The molecule has 0 radical (unpaired) electrons. The van der Waals surface area contributed by atoms with Crippen LogP contribution in [0.3, 0.4) is 0 Å². The van der Waals surface area contributed by atoms with E-state index in [2.05, 4.69) is 24.5 Å². The number of carbonyl (C=O) groups excluding carboxylic acids is 1. The van der Waals surface area contributed by atoms with Gasteiger partial charge in [-0.15, -0.1) is 0 Å². The van der Waals surface area contributed by atoms with Crippen LogP contribution in [0.2, 0.25) is 0 Å². The van der Waals surface area contributed by atoms with E-state index < -0.39 is 5.60 Å². The summed E-state index contributed by atoms with van der Waals surface area (Å²) in [5, 5.41) is 5.99. The van der Waals surface area contributed by atoms with Crippen molar-refractivity contribution in [2.24, 2.45) is 17.6 Å². The summed E-state index contributed by atoms with van der Waals surface area (Å²) in [6, 6.07) is 0. The van der Waals surface area contributed by atoms with Crippen LogP contribution in [-0.4, -0.2) is 37.9 Å². The van der Waals surface area contributed by atoms with Crippen molar-refractivity contribution in [2.75, 3.05) is 26.2 Å². The highest BCUT2D eigenvalue weighted by Crippen LogP contribution is 2.07. The van der Waals surface area contributed by atoms with Crippen LogP contribution < -0.4 is 16.4 Å². The van der Waals surface area contributed by atoms with Gasteiger partial charge in [-0.3, -0.25) is 0 Å². The van der Waals surface area contributed by atoms with Gasteiger partial charge >= 0.3 is 6.09 Å². The summed E-state index contributed by atoms with van der Waals surface area (Å²) in [5.74, 6) is 1.05. The molecule has 1 amide bonds. The van der Waals surface area contributed by atoms with Crippen molar-refractivity contribution in [3.63, 3.8) is 0 Å². The Kier molecular flexibility index (Phi) is 7.95. The second kappa shape index (κ2) is 8.32. The highest BCUT2D eigenvalue weighted by Gasteiger charge is 2.15. The average Bonchev–Trinajstić information content (AvgIpc) is 2.20. The maximum absolute atomic E-state index is 11.3. The second-order valence-corrected chi connectivity index (χ2v) is 5.87. The summed E-state index contributed by atoms with van der Waals surface area (Å²) < 4.78 is 5.13. The highest BCUT2D eigenvalue weighted by molar-refractivity contribution is 5.67. The average molecular weight is 259 g/mol. The maximum Gasteiger partial charge on any atom is 0.407 e.